The van der Waals surface area contributed by atoms with Gasteiger partial charge in [0.05, 0.1) is 34.0 Å². The number of aliphatic hydroxyl groups is 1. The van der Waals surface area contributed by atoms with Crippen LogP contribution in [-0.2, 0) is 12.8 Å². The average Bonchev–Trinajstić information content (AvgIpc) is 2.92. The van der Waals surface area contributed by atoms with Crippen LogP contribution in [0, 0.1) is 0 Å². The number of rotatable bonds is 8. The third-order valence-corrected chi connectivity index (χ3v) is 7.25. The number of fused-ring (bicyclic) bond motifs is 5. The Kier molecular flexibility index (Phi) is 7.04. The molecule has 0 saturated heterocycles. The smallest absolute Gasteiger partial charge is 0.200 e. The molecule has 0 aromatic heterocycles. The van der Waals surface area contributed by atoms with Gasteiger partial charge in [-0.2, -0.15) is 0 Å². The maximum Gasteiger partial charge on any atom is 0.200 e. The second-order valence-corrected chi connectivity index (χ2v) is 9.18. The van der Waals surface area contributed by atoms with Gasteiger partial charge in [0.2, 0.25) is 5.75 Å². The summed E-state index contributed by atoms with van der Waals surface area (Å²) in [4.78, 5) is 0. The summed E-state index contributed by atoms with van der Waals surface area (Å²) in [6.45, 7) is 3.54. The van der Waals surface area contributed by atoms with E-state index < -0.39 is 6.10 Å². The van der Waals surface area contributed by atoms with Gasteiger partial charge in [-0.3, -0.25) is 5.32 Å². The van der Waals surface area contributed by atoms with Crippen LogP contribution in [0.1, 0.15) is 41.2 Å². The Balaban J connectivity index is 1.57. The second kappa shape index (κ2) is 10.4. The molecule has 37 heavy (non-hydrogen) atoms. The maximum absolute atomic E-state index is 11.7. The molecule has 0 fully saturated rings. The average molecular weight is 508 g/mol. The first-order valence-electron chi connectivity index (χ1n) is 12.5. The molecule has 0 amide bonds. The summed E-state index contributed by atoms with van der Waals surface area (Å²) in [5.74, 6) is 2.34. The van der Waals surface area contributed by atoms with Crippen LogP contribution in [-0.4, -0.2) is 51.4 Å². The minimum Gasteiger partial charge on any atom is -0.502 e. The zero-order valence-electron chi connectivity index (χ0n) is 21.6. The first-order chi connectivity index (χ1) is 18.0. The van der Waals surface area contributed by atoms with Crippen molar-refractivity contribution in [1.82, 2.24) is 5.32 Å². The van der Waals surface area contributed by atoms with E-state index in [1.165, 1.54) is 14.2 Å². The number of benzene rings is 3. The molecular weight excluding hydrogens is 474 g/mol. The minimum absolute atomic E-state index is 0.0736. The number of hydrogen-bond donors (Lipinski definition) is 3. The Bertz CT molecular complexity index is 1280. The third-order valence-electron chi connectivity index (χ3n) is 7.25. The molecule has 2 atom stereocenters. The first kappa shape index (κ1) is 25.0. The molecule has 3 aromatic carbocycles. The Labute approximate surface area is 216 Å². The van der Waals surface area contributed by atoms with Crippen LogP contribution in [0.15, 0.2) is 36.4 Å². The molecule has 0 saturated carbocycles. The second-order valence-electron chi connectivity index (χ2n) is 9.18. The predicted octanol–water partition coefficient (Wildman–Crippen LogP) is 4.34. The summed E-state index contributed by atoms with van der Waals surface area (Å²) < 4.78 is 28.5. The molecule has 3 aromatic rings. The van der Waals surface area contributed by atoms with Crippen molar-refractivity contribution in [2.24, 2.45) is 0 Å². The van der Waals surface area contributed by atoms with Crippen molar-refractivity contribution < 1.29 is 33.9 Å². The number of ether oxygens (including phenoxy) is 5. The first-order valence-corrected chi connectivity index (χ1v) is 12.5. The molecule has 1 aliphatic heterocycles. The monoisotopic (exact) mass is 507 g/mol. The molecule has 8 heteroatoms. The van der Waals surface area contributed by atoms with Crippen LogP contribution in [0.25, 0.3) is 11.1 Å². The largest absolute Gasteiger partial charge is 0.502 e. The summed E-state index contributed by atoms with van der Waals surface area (Å²) in [6.07, 6.45) is 0.706. The van der Waals surface area contributed by atoms with Crippen LogP contribution in [0.2, 0.25) is 0 Å². The zero-order chi connectivity index (χ0) is 26.1. The number of aromatic hydroxyl groups is 1. The Morgan fingerprint density at radius 1 is 0.919 bits per heavy atom. The maximum atomic E-state index is 11.7. The summed E-state index contributed by atoms with van der Waals surface area (Å²) >= 11 is 0. The van der Waals surface area contributed by atoms with E-state index in [0.717, 1.165) is 64.3 Å². The highest BCUT2D eigenvalue weighted by molar-refractivity contribution is 5.79. The van der Waals surface area contributed by atoms with Gasteiger partial charge in [-0.15, -0.1) is 0 Å². The van der Waals surface area contributed by atoms with E-state index in [1.807, 2.05) is 25.1 Å². The molecule has 8 nitrogen and oxygen atoms in total. The van der Waals surface area contributed by atoms with Crippen molar-refractivity contribution in [3.63, 3.8) is 0 Å². The molecule has 0 radical (unpaired) electrons. The SMILES string of the molecule is CCNCOc1cc(OC)c2c(c1)-c1ccc3c(c1CC2)[C@@H](O)[C@H](c1cc(OC)c(O)c(OC)c1)CO3. The highest BCUT2D eigenvalue weighted by atomic mass is 16.5. The van der Waals surface area contributed by atoms with E-state index in [-0.39, 0.29) is 29.8 Å². The zero-order valence-corrected chi connectivity index (χ0v) is 21.6. The lowest BCUT2D eigenvalue weighted by Crippen LogP contribution is -2.26. The van der Waals surface area contributed by atoms with Gasteiger partial charge in [-0.25, -0.2) is 0 Å². The molecule has 0 bridgehead atoms. The van der Waals surface area contributed by atoms with E-state index in [2.05, 4.69) is 11.4 Å². The standard InChI is InChI=1S/C29H33NO7/c1-5-30-15-37-17-12-21-18-8-9-23-27(20(18)7-6-19(21)24(13-17)33-2)28(31)22(14-36-23)16-10-25(34-3)29(32)26(11-16)35-4/h8-13,22,28,30-32H,5-7,14-15H2,1-4H3/t22-,28-/m0/s1. The highest BCUT2D eigenvalue weighted by Gasteiger charge is 2.36. The minimum atomic E-state index is -0.811. The molecule has 0 spiro atoms. The van der Waals surface area contributed by atoms with Crippen molar-refractivity contribution >= 4 is 0 Å². The number of phenols is 1. The third kappa shape index (κ3) is 4.40. The van der Waals surface area contributed by atoms with Crippen molar-refractivity contribution in [3.8, 4) is 45.6 Å². The van der Waals surface area contributed by atoms with Crippen molar-refractivity contribution in [1.29, 1.82) is 0 Å². The van der Waals surface area contributed by atoms with Crippen molar-refractivity contribution in [2.75, 3.05) is 41.2 Å². The molecule has 0 unspecified atom stereocenters. The molecule has 5 rings (SSSR count). The number of nitrogens with one attached hydrogen (secondary N) is 1. The summed E-state index contributed by atoms with van der Waals surface area (Å²) in [5.41, 5.74) is 5.82. The number of methoxy groups -OCH3 is 3. The van der Waals surface area contributed by atoms with Crippen LogP contribution in [0.5, 0.6) is 34.5 Å². The van der Waals surface area contributed by atoms with E-state index in [4.69, 9.17) is 23.7 Å². The van der Waals surface area contributed by atoms with E-state index in [9.17, 15) is 10.2 Å². The van der Waals surface area contributed by atoms with Crippen LogP contribution in [0.3, 0.4) is 0 Å². The van der Waals surface area contributed by atoms with Gasteiger partial charge in [0.15, 0.2) is 11.5 Å². The van der Waals surface area contributed by atoms with Gasteiger partial charge >= 0.3 is 0 Å². The normalized spacial score (nSPS) is 17.6. The van der Waals surface area contributed by atoms with Gasteiger partial charge in [0, 0.05) is 23.1 Å². The van der Waals surface area contributed by atoms with Crippen molar-refractivity contribution in [2.45, 2.75) is 31.8 Å². The Hall–Kier alpha value is -3.62. The number of hydrogen-bond acceptors (Lipinski definition) is 8. The van der Waals surface area contributed by atoms with Gasteiger partial charge in [-0.05, 0) is 65.9 Å². The quantitative estimate of drug-likeness (QED) is 0.306. The predicted molar refractivity (Wildman–Crippen MR) is 139 cm³/mol. The lowest BCUT2D eigenvalue weighted by molar-refractivity contribution is 0.0878. The van der Waals surface area contributed by atoms with E-state index >= 15 is 0 Å². The molecule has 1 heterocycles. The number of aliphatic hydroxyl groups excluding tert-OH is 1. The molecule has 2 aliphatic rings. The van der Waals surface area contributed by atoms with Gasteiger partial charge in [0.1, 0.15) is 24.0 Å². The van der Waals surface area contributed by atoms with Crippen molar-refractivity contribution in [3.05, 3.63) is 58.7 Å². The molecule has 3 N–H and O–H groups in total. The fourth-order valence-electron chi connectivity index (χ4n) is 5.36. The van der Waals surface area contributed by atoms with E-state index in [0.29, 0.717) is 12.5 Å². The Morgan fingerprint density at radius 3 is 2.30 bits per heavy atom. The van der Waals surface area contributed by atoms with Gasteiger partial charge in [-0.1, -0.05) is 13.0 Å². The number of phenolic OH excluding ortho intramolecular Hbond substituents is 1. The van der Waals surface area contributed by atoms with Crippen LogP contribution in [0.4, 0.5) is 0 Å². The lowest BCUT2D eigenvalue weighted by Gasteiger charge is -2.35. The topological polar surface area (TPSA) is 98.6 Å². The van der Waals surface area contributed by atoms with Gasteiger partial charge < -0.3 is 33.9 Å². The van der Waals surface area contributed by atoms with Gasteiger partial charge in [0.25, 0.3) is 0 Å². The lowest BCUT2D eigenvalue weighted by atomic mass is 9.77. The molecular formula is C29H33NO7. The van der Waals surface area contributed by atoms with Crippen LogP contribution >= 0.6 is 0 Å². The summed E-state index contributed by atoms with van der Waals surface area (Å²) in [6, 6.07) is 11.4. The van der Waals surface area contributed by atoms with Crippen LogP contribution < -0.4 is 29.0 Å². The highest BCUT2D eigenvalue weighted by Crippen LogP contribution is 2.50. The summed E-state index contributed by atoms with van der Waals surface area (Å²) in [5, 5.41) is 25.2. The molecule has 196 valence electrons. The molecule has 1 aliphatic carbocycles. The fraction of sp³-hybridized carbons (Fsp3) is 0.379. The summed E-state index contributed by atoms with van der Waals surface area (Å²) in [7, 11) is 4.65. The Morgan fingerprint density at radius 2 is 1.62 bits per heavy atom. The van der Waals surface area contributed by atoms with E-state index in [1.54, 1.807) is 19.2 Å². The fourth-order valence-corrected chi connectivity index (χ4v) is 5.36.